The molecule has 0 saturated carbocycles. The molecule has 1 atom stereocenters. The van der Waals surface area contributed by atoms with E-state index in [2.05, 4.69) is 66.5 Å². The number of nitrogens with one attached hydrogen (secondary N) is 5. The number of aliphatic hydroxyl groups is 4. The lowest BCUT2D eigenvalue weighted by Gasteiger charge is -2.25. The van der Waals surface area contributed by atoms with Crippen molar-refractivity contribution in [2.45, 2.75) is 57.3 Å². The van der Waals surface area contributed by atoms with E-state index in [1.165, 1.54) is 19.8 Å². The highest BCUT2D eigenvalue weighted by Crippen LogP contribution is 2.09. The number of methoxy groups -OCH3 is 2. The first-order chi connectivity index (χ1) is 35.4. The number of ether oxygens (including phenoxy) is 4. The van der Waals surface area contributed by atoms with Gasteiger partial charge in [0.25, 0.3) is 0 Å². The first kappa shape index (κ1) is 82.6. The predicted octanol–water partition coefficient (Wildman–Crippen LogP) is -3.07. The summed E-state index contributed by atoms with van der Waals surface area (Å²) in [5.74, 6) is 0.242. The van der Waals surface area contributed by atoms with E-state index in [1.807, 2.05) is 31.6 Å². The van der Waals surface area contributed by atoms with Gasteiger partial charge in [0.1, 0.15) is 6.79 Å². The average molecular weight is 1090 g/mol. The number of carbonyl (C=O) groups excluding carboxylic acids is 1. The Morgan fingerprint density at radius 1 is 0.838 bits per heavy atom. The monoisotopic (exact) mass is 1090 g/mol. The Hall–Kier alpha value is -2.75. The highest BCUT2D eigenvalue weighted by atomic mass is 32.1. The van der Waals surface area contributed by atoms with E-state index in [0.29, 0.717) is 50.7 Å². The Morgan fingerprint density at radius 2 is 1.35 bits per heavy atom. The number of primary amides is 1. The molecule has 5 aliphatic heterocycles. The van der Waals surface area contributed by atoms with Crippen LogP contribution in [-0.4, -0.2) is 255 Å². The number of thiophene rings is 1. The molecule has 5 fully saturated rings. The third-order valence-corrected chi connectivity index (χ3v) is 9.31. The van der Waals surface area contributed by atoms with Gasteiger partial charge >= 0.3 is 0 Å². The average Bonchev–Trinajstić information content (AvgIpc) is 4.22. The van der Waals surface area contributed by atoms with Gasteiger partial charge in [-0.25, -0.2) is 0 Å². The van der Waals surface area contributed by atoms with Crippen molar-refractivity contribution in [2.75, 3.05) is 212 Å². The number of carbonyl (C=O) groups is 1. The number of anilines is 2. The lowest BCUT2D eigenvalue weighted by atomic mass is 10.1. The minimum absolute atomic E-state index is 0.0266. The van der Waals surface area contributed by atoms with Crippen molar-refractivity contribution >= 4 is 28.1 Å². The fraction of sp³-hybridized carbons (Fsp3) is 0.812. The molecule has 0 aliphatic carbocycles. The minimum Gasteiger partial charge on any atom is -0.449 e. The van der Waals surface area contributed by atoms with Crippen LogP contribution in [0.4, 0.5) is 10.9 Å². The van der Waals surface area contributed by atoms with Crippen LogP contribution in [0.1, 0.15) is 39.0 Å². The molecule has 25 nitrogen and oxygen atoms in total. The van der Waals surface area contributed by atoms with Gasteiger partial charge in [-0.05, 0) is 83.4 Å². The lowest BCUT2D eigenvalue weighted by Crippen LogP contribution is -2.52. The van der Waals surface area contributed by atoms with Crippen molar-refractivity contribution in [1.82, 2.24) is 31.5 Å². The van der Waals surface area contributed by atoms with Crippen LogP contribution in [0, 0.1) is 0 Å². The van der Waals surface area contributed by atoms with Crippen LogP contribution in [-0.2, 0) is 23.7 Å². The number of piperazine rings is 1. The maximum Gasteiger partial charge on any atom is 0.218 e. The van der Waals surface area contributed by atoms with Gasteiger partial charge in [0, 0.05) is 131 Å². The summed E-state index contributed by atoms with van der Waals surface area (Å²) in [7, 11) is 13.2. The normalized spacial score (nSPS) is 16.4. The molecular formula is C48H114N15O10S+. The molecule has 0 aromatic carbocycles. The smallest absolute Gasteiger partial charge is 0.218 e. The van der Waals surface area contributed by atoms with E-state index in [4.69, 9.17) is 75.8 Å². The number of nitrogens with two attached hydrogens (primary N) is 8. The quantitative estimate of drug-likeness (QED) is 0.0829. The van der Waals surface area contributed by atoms with Crippen molar-refractivity contribution in [1.29, 1.82) is 0 Å². The summed E-state index contributed by atoms with van der Waals surface area (Å²) in [5.41, 5.74) is 41.1. The van der Waals surface area contributed by atoms with Gasteiger partial charge in [-0.2, -0.15) is 0 Å². The van der Waals surface area contributed by atoms with Crippen molar-refractivity contribution in [3.8, 4) is 0 Å². The first-order valence-electron chi connectivity index (χ1n) is 25.5. The zero-order valence-electron chi connectivity index (χ0n) is 47.2. The highest BCUT2D eigenvalue weighted by Gasteiger charge is 2.12. The van der Waals surface area contributed by atoms with E-state index in [-0.39, 0.29) is 32.0 Å². The Morgan fingerprint density at radius 3 is 1.53 bits per heavy atom. The van der Waals surface area contributed by atoms with Crippen molar-refractivity contribution in [3.05, 3.63) is 35.9 Å². The summed E-state index contributed by atoms with van der Waals surface area (Å²) in [4.78, 5) is 12.6. The van der Waals surface area contributed by atoms with E-state index in [1.54, 1.807) is 37.5 Å². The number of likely N-dealkylation sites (N-methyl/N-ethyl adjacent to an activating group) is 1. The molecule has 26 heteroatoms. The topological polar surface area (TPSA) is 420 Å². The largest absolute Gasteiger partial charge is 0.449 e. The number of nitrogen functional groups attached to an aromatic ring is 2. The van der Waals surface area contributed by atoms with Crippen LogP contribution in [0.5, 0.6) is 0 Å². The Kier molecular flexibility index (Phi) is 78.4. The third-order valence-electron chi connectivity index (χ3n) is 8.61. The van der Waals surface area contributed by atoms with Crippen LogP contribution < -0.4 is 72.5 Å². The van der Waals surface area contributed by atoms with Gasteiger partial charge in [-0.3, -0.25) is 9.69 Å². The van der Waals surface area contributed by atoms with E-state index in [0.717, 1.165) is 134 Å². The molecule has 74 heavy (non-hydrogen) atoms. The molecule has 1 amide bonds. The second kappa shape index (κ2) is 70.2. The number of piperidine rings is 1. The molecular weight excluding hydrogens is 979 g/mol. The van der Waals surface area contributed by atoms with Gasteiger partial charge in [-0.1, -0.05) is 0 Å². The summed E-state index contributed by atoms with van der Waals surface area (Å²) in [5, 5.41) is 50.1. The molecule has 7 rings (SSSR count). The SMILES string of the molecule is C1CNCCN1.CCO.CNC.COCCN.COCO.C[N+](C)(C)CCN.NC(=O)CCN1CCOCC1.NC1CNC1.NCC1CCCO1.NCCO.Nc1ccco1.Nc1cccs1.OC1CCNCC1. The molecule has 5 saturated heterocycles. The zero-order valence-corrected chi connectivity index (χ0v) is 48.0. The van der Waals surface area contributed by atoms with E-state index in [9.17, 15) is 4.79 Å². The number of furan rings is 1. The molecule has 1 unspecified atom stereocenters. The summed E-state index contributed by atoms with van der Waals surface area (Å²) < 4.78 is 24.6. The van der Waals surface area contributed by atoms with E-state index >= 15 is 0 Å². The number of hydrogen-bond donors (Lipinski definition) is 17. The van der Waals surface area contributed by atoms with Crippen LogP contribution in [0.3, 0.4) is 0 Å². The fourth-order valence-electron chi connectivity index (χ4n) is 4.73. The molecule has 0 bridgehead atoms. The molecule has 5 aliphatic rings. The van der Waals surface area contributed by atoms with E-state index < -0.39 is 0 Å². The summed E-state index contributed by atoms with van der Waals surface area (Å²) in [6.45, 7) is 19.7. The maximum absolute atomic E-state index is 10.4. The van der Waals surface area contributed by atoms with Gasteiger partial charge in [0.2, 0.25) is 5.91 Å². The lowest BCUT2D eigenvalue weighted by molar-refractivity contribution is -0.868. The second-order valence-corrected chi connectivity index (χ2v) is 17.8. The number of rotatable bonds is 10. The maximum atomic E-state index is 10.4. The van der Waals surface area contributed by atoms with Crippen molar-refractivity contribution in [2.24, 2.45) is 34.4 Å². The number of quaternary nitrogens is 1. The number of morpholine rings is 1. The number of amides is 1. The van der Waals surface area contributed by atoms with Gasteiger partial charge in [0.05, 0.1) is 77.6 Å². The Bertz CT molecular complexity index is 1170. The summed E-state index contributed by atoms with van der Waals surface area (Å²) in [6, 6.07) is 7.70. The highest BCUT2D eigenvalue weighted by molar-refractivity contribution is 7.13. The molecule has 25 N–H and O–H groups in total. The zero-order chi connectivity index (χ0) is 57.4. The molecule has 2 aromatic heterocycles. The molecule has 2 aromatic rings. The number of hydrogen-bond acceptors (Lipinski definition) is 24. The van der Waals surface area contributed by atoms with Crippen LogP contribution in [0.2, 0.25) is 0 Å². The third kappa shape index (κ3) is 86.0. The Balaban J connectivity index is -0.000000172. The number of aliphatic hydroxyl groups excluding tert-OH is 4. The standard InChI is InChI=1S/C7H14N2O2.C5H15N2.2C5H11NO.C4H10N2.C4H5NO.C4H5NS.C3H8N2.C3H9NO.C2H7NO.C2H7N.C2H6O2.C2H6O/c8-7(10)1-2-9-3-5-11-6-4-9;1-7(2,3)5-4-6;7-5-1-3-6-4-2-5;6-4-5-2-1-3-7-5;1-2-6-4-3-5-1;2*5-4-2-1-3-6-4;4-3-1-5-2-3;1-5-3-2-4;3-1-2-4;1-3-2;1-4-2-3;1-2-3/h1-6H2,(H2,8,10);4-6H2,1-3H3;5-7H,1-4H2;5H,1-4,6H2;5-6H,1-4H2;2*1-3H,5H2;3,5H,1-2,4H2;2-4H2,1H3;4H,1-3H2;3H,1-2H3;3H,2H2,1H3;3H,2H2,1H3/q;+1;;;;;;;;;;;. The van der Waals surface area contributed by atoms with Gasteiger partial charge < -0.3 is 121 Å². The van der Waals surface area contributed by atoms with Crippen molar-refractivity contribution < 1.29 is 53.1 Å². The number of nitrogens with zero attached hydrogens (tertiary/aromatic N) is 2. The fourth-order valence-corrected chi connectivity index (χ4v) is 5.20. The van der Waals surface area contributed by atoms with Crippen molar-refractivity contribution in [3.63, 3.8) is 0 Å². The first-order valence-corrected chi connectivity index (χ1v) is 26.4. The molecule has 7 heterocycles. The van der Waals surface area contributed by atoms with Gasteiger partial charge in [-0.15, -0.1) is 11.3 Å². The Labute approximate surface area is 451 Å². The summed E-state index contributed by atoms with van der Waals surface area (Å²) >= 11 is 1.56. The molecule has 0 spiro atoms. The van der Waals surface area contributed by atoms with Crippen LogP contribution in [0.15, 0.2) is 40.3 Å². The van der Waals surface area contributed by atoms with Gasteiger partial charge in [0.15, 0.2) is 5.88 Å². The molecule has 0 radical (unpaired) electrons. The minimum atomic E-state index is -0.225. The predicted molar refractivity (Wildman–Crippen MR) is 307 cm³/mol. The second-order valence-electron chi connectivity index (χ2n) is 16.8. The van der Waals surface area contributed by atoms with Crippen LogP contribution >= 0.6 is 11.3 Å². The summed E-state index contributed by atoms with van der Waals surface area (Å²) in [6.07, 6.45) is 6.56. The van der Waals surface area contributed by atoms with Crippen LogP contribution in [0.25, 0.3) is 0 Å². The molecule has 446 valence electrons.